The van der Waals surface area contributed by atoms with Crippen LogP contribution < -0.4 is 5.73 Å². The first kappa shape index (κ1) is 11.9. The molecule has 0 aliphatic rings. The number of ether oxygens (including phenoxy) is 1. The topological polar surface area (TPSA) is 52.3 Å². The van der Waals surface area contributed by atoms with Gasteiger partial charge in [0.1, 0.15) is 0 Å². The summed E-state index contributed by atoms with van der Waals surface area (Å²) in [4.78, 5) is 12.4. The minimum atomic E-state index is -0.332. The number of nitrogen functional groups attached to an aromatic ring is 1. The molecule has 3 nitrogen and oxygen atoms in total. The summed E-state index contributed by atoms with van der Waals surface area (Å²) in [5, 5.41) is 0. The molecule has 0 amide bonds. The standard InChI is InChI=1S/C11H15NO2S/c1-3-6-15-10-5-4-8(12)7-9(10)11(13)14-2/h4-5,7H,3,6,12H2,1-2H3. The quantitative estimate of drug-likeness (QED) is 0.486. The molecular weight excluding hydrogens is 210 g/mol. The zero-order valence-corrected chi connectivity index (χ0v) is 9.76. The molecule has 15 heavy (non-hydrogen) atoms. The molecule has 0 atom stereocenters. The van der Waals surface area contributed by atoms with Crippen molar-refractivity contribution in [1.29, 1.82) is 0 Å². The fourth-order valence-corrected chi connectivity index (χ4v) is 2.04. The second-order valence-corrected chi connectivity index (χ2v) is 4.23. The van der Waals surface area contributed by atoms with Crippen molar-refractivity contribution in [2.24, 2.45) is 0 Å². The number of carbonyl (C=O) groups excluding carboxylic acids is 1. The van der Waals surface area contributed by atoms with Gasteiger partial charge in [-0.15, -0.1) is 11.8 Å². The van der Waals surface area contributed by atoms with Crippen LogP contribution in [0.25, 0.3) is 0 Å². The molecule has 0 fully saturated rings. The molecule has 0 aromatic heterocycles. The van der Waals surface area contributed by atoms with Crippen LogP contribution in [0.15, 0.2) is 23.1 Å². The van der Waals surface area contributed by atoms with Gasteiger partial charge in [-0.2, -0.15) is 0 Å². The first-order valence-corrected chi connectivity index (χ1v) is 5.78. The second-order valence-electron chi connectivity index (χ2n) is 3.10. The van der Waals surface area contributed by atoms with Crippen LogP contribution in [0, 0.1) is 0 Å². The van der Waals surface area contributed by atoms with Crippen molar-refractivity contribution in [3.8, 4) is 0 Å². The molecule has 0 bridgehead atoms. The van der Waals surface area contributed by atoms with Gasteiger partial charge in [-0.05, 0) is 30.4 Å². The summed E-state index contributed by atoms with van der Waals surface area (Å²) in [7, 11) is 1.37. The molecule has 2 N–H and O–H groups in total. The third kappa shape index (κ3) is 3.16. The lowest BCUT2D eigenvalue weighted by Gasteiger charge is -2.07. The molecule has 0 saturated heterocycles. The van der Waals surface area contributed by atoms with Crippen molar-refractivity contribution >= 4 is 23.4 Å². The molecule has 1 aromatic carbocycles. The number of thioether (sulfide) groups is 1. The van der Waals surface area contributed by atoms with E-state index in [-0.39, 0.29) is 5.97 Å². The number of methoxy groups -OCH3 is 1. The summed E-state index contributed by atoms with van der Waals surface area (Å²) in [6.07, 6.45) is 1.07. The van der Waals surface area contributed by atoms with Gasteiger partial charge in [0.05, 0.1) is 12.7 Å². The van der Waals surface area contributed by atoms with Gasteiger partial charge in [0.15, 0.2) is 0 Å². The number of hydrogen-bond acceptors (Lipinski definition) is 4. The van der Waals surface area contributed by atoms with Crippen LogP contribution in [0.3, 0.4) is 0 Å². The molecule has 0 radical (unpaired) electrons. The maximum atomic E-state index is 11.5. The van der Waals surface area contributed by atoms with E-state index in [0.717, 1.165) is 17.1 Å². The average molecular weight is 225 g/mol. The summed E-state index contributed by atoms with van der Waals surface area (Å²) in [5.41, 5.74) is 6.76. The normalized spacial score (nSPS) is 10.0. The molecule has 0 unspecified atom stereocenters. The van der Waals surface area contributed by atoms with Crippen molar-refractivity contribution in [3.05, 3.63) is 23.8 Å². The first-order valence-electron chi connectivity index (χ1n) is 4.79. The van der Waals surface area contributed by atoms with E-state index in [4.69, 9.17) is 10.5 Å². The molecule has 0 saturated carbocycles. The lowest BCUT2D eigenvalue weighted by Crippen LogP contribution is -2.04. The Balaban J connectivity index is 2.97. The van der Waals surface area contributed by atoms with E-state index in [1.165, 1.54) is 7.11 Å². The summed E-state index contributed by atoms with van der Waals surface area (Å²) in [6, 6.07) is 5.32. The molecule has 4 heteroatoms. The number of esters is 1. The number of rotatable bonds is 4. The Morgan fingerprint density at radius 3 is 2.87 bits per heavy atom. The van der Waals surface area contributed by atoms with Crippen molar-refractivity contribution in [2.45, 2.75) is 18.2 Å². The Morgan fingerprint density at radius 2 is 2.27 bits per heavy atom. The van der Waals surface area contributed by atoms with Crippen molar-refractivity contribution in [1.82, 2.24) is 0 Å². The van der Waals surface area contributed by atoms with Gasteiger partial charge in [-0.1, -0.05) is 6.92 Å². The van der Waals surface area contributed by atoms with Crippen molar-refractivity contribution < 1.29 is 9.53 Å². The molecule has 0 aliphatic heterocycles. The Morgan fingerprint density at radius 1 is 1.53 bits per heavy atom. The minimum Gasteiger partial charge on any atom is -0.465 e. The lowest BCUT2D eigenvalue weighted by atomic mass is 10.2. The van der Waals surface area contributed by atoms with E-state index in [2.05, 4.69) is 6.92 Å². The number of carbonyl (C=O) groups is 1. The van der Waals surface area contributed by atoms with Crippen LogP contribution in [0.1, 0.15) is 23.7 Å². The summed E-state index contributed by atoms with van der Waals surface area (Å²) >= 11 is 1.64. The number of benzene rings is 1. The van der Waals surface area contributed by atoms with E-state index >= 15 is 0 Å². The third-order valence-corrected chi connectivity index (χ3v) is 3.15. The maximum absolute atomic E-state index is 11.5. The summed E-state index contributed by atoms with van der Waals surface area (Å²) < 4.78 is 4.70. The van der Waals surface area contributed by atoms with E-state index in [0.29, 0.717) is 11.3 Å². The fourth-order valence-electron chi connectivity index (χ4n) is 1.15. The highest BCUT2D eigenvalue weighted by Crippen LogP contribution is 2.25. The average Bonchev–Trinajstić information content (AvgIpc) is 2.26. The van der Waals surface area contributed by atoms with Crippen LogP contribution in [0.2, 0.25) is 0 Å². The smallest absolute Gasteiger partial charge is 0.339 e. The van der Waals surface area contributed by atoms with Crippen LogP contribution in [0.5, 0.6) is 0 Å². The molecule has 1 aromatic rings. The Kier molecular flexibility index (Phi) is 4.49. The highest BCUT2D eigenvalue weighted by Gasteiger charge is 2.12. The largest absolute Gasteiger partial charge is 0.465 e. The second kappa shape index (κ2) is 5.66. The van der Waals surface area contributed by atoms with Crippen LogP contribution in [-0.4, -0.2) is 18.8 Å². The van der Waals surface area contributed by atoms with Crippen LogP contribution in [-0.2, 0) is 4.74 Å². The predicted octanol–water partition coefficient (Wildman–Crippen LogP) is 2.56. The van der Waals surface area contributed by atoms with Gasteiger partial charge in [0.2, 0.25) is 0 Å². The van der Waals surface area contributed by atoms with Gasteiger partial charge < -0.3 is 10.5 Å². The van der Waals surface area contributed by atoms with Gasteiger partial charge in [-0.25, -0.2) is 4.79 Å². The summed E-state index contributed by atoms with van der Waals surface area (Å²) in [6.45, 7) is 2.10. The molecular formula is C11H15NO2S. The molecule has 82 valence electrons. The Hall–Kier alpha value is -1.16. The maximum Gasteiger partial charge on any atom is 0.339 e. The van der Waals surface area contributed by atoms with Crippen molar-refractivity contribution in [3.63, 3.8) is 0 Å². The van der Waals surface area contributed by atoms with E-state index < -0.39 is 0 Å². The highest BCUT2D eigenvalue weighted by atomic mass is 32.2. The monoisotopic (exact) mass is 225 g/mol. The molecule has 1 rings (SSSR count). The van der Waals surface area contributed by atoms with Crippen LogP contribution >= 0.6 is 11.8 Å². The Labute approximate surface area is 94.0 Å². The number of nitrogens with two attached hydrogens (primary N) is 1. The number of anilines is 1. The highest BCUT2D eigenvalue weighted by molar-refractivity contribution is 7.99. The zero-order valence-electron chi connectivity index (χ0n) is 8.95. The summed E-state index contributed by atoms with van der Waals surface area (Å²) in [5.74, 6) is 0.648. The van der Waals surface area contributed by atoms with E-state index in [9.17, 15) is 4.79 Å². The van der Waals surface area contributed by atoms with Gasteiger partial charge >= 0.3 is 5.97 Å². The van der Waals surface area contributed by atoms with E-state index in [1.807, 2.05) is 6.07 Å². The number of hydrogen-bond donors (Lipinski definition) is 1. The van der Waals surface area contributed by atoms with Crippen LogP contribution in [0.4, 0.5) is 5.69 Å². The molecule has 0 spiro atoms. The Bertz CT molecular complexity index is 352. The lowest BCUT2D eigenvalue weighted by molar-refractivity contribution is 0.0597. The van der Waals surface area contributed by atoms with E-state index in [1.54, 1.807) is 23.9 Å². The molecule has 0 aliphatic carbocycles. The molecule has 0 heterocycles. The van der Waals surface area contributed by atoms with Gasteiger partial charge in [0, 0.05) is 10.6 Å². The van der Waals surface area contributed by atoms with Crippen molar-refractivity contribution in [2.75, 3.05) is 18.6 Å². The van der Waals surface area contributed by atoms with Gasteiger partial charge in [-0.3, -0.25) is 0 Å². The SMILES string of the molecule is CCCSc1ccc(N)cc1C(=O)OC. The third-order valence-electron chi connectivity index (χ3n) is 1.87. The minimum absolute atomic E-state index is 0.332. The predicted molar refractivity (Wildman–Crippen MR) is 63.2 cm³/mol. The first-order chi connectivity index (χ1) is 7.19. The van der Waals surface area contributed by atoms with Gasteiger partial charge in [0.25, 0.3) is 0 Å². The fraction of sp³-hybridized carbons (Fsp3) is 0.364. The zero-order chi connectivity index (χ0) is 11.3.